The van der Waals surface area contributed by atoms with E-state index in [-0.39, 0.29) is 5.91 Å². The summed E-state index contributed by atoms with van der Waals surface area (Å²) in [5, 5.41) is 14.5. The number of fused-ring (bicyclic) bond motifs is 1. The molecule has 1 amide bonds. The topological polar surface area (TPSA) is 102 Å². The second-order valence-corrected chi connectivity index (χ2v) is 4.59. The minimum absolute atomic E-state index is 0.277. The summed E-state index contributed by atoms with van der Waals surface area (Å²) in [4.78, 5) is 12.1. The fourth-order valence-corrected chi connectivity index (χ4v) is 1.99. The summed E-state index contributed by atoms with van der Waals surface area (Å²) in [6, 6.07) is 4.75. The highest BCUT2D eigenvalue weighted by atomic mass is 16.2. The van der Waals surface area contributed by atoms with E-state index in [1.807, 2.05) is 12.1 Å². The van der Waals surface area contributed by atoms with Gasteiger partial charge in [0.25, 0.3) is 0 Å². The highest BCUT2D eigenvalue weighted by molar-refractivity contribution is 5.97. The lowest BCUT2D eigenvalue weighted by Crippen LogP contribution is -2.27. The molecular weight excluding hydrogens is 256 g/mol. The summed E-state index contributed by atoms with van der Waals surface area (Å²) in [6.45, 7) is 0. The first-order valence-electron chi connectivity index (χ1n) is 6.11. The number of aromatic amines is 1. The van der Waals surface area contributed by atoms with Crippen LogP contribution in [0, 0.1) is 0 Å². The number of anilines is 1. The van der Waals surface area contributed by atoms with Crippen LogP contribution < -0.4 is 11.1 Å². The van der Waals surface area contributed by atoms with Crippen molar-refractivity contribution >= 4 is 22.5 Å². The van der Waals surface area contributed by atoms with E-state index in [0.717, 1.165) is 10.9 Å². The molecule has 1 unspecified atom stereocenters. The maximum absolute atomic E-state index is 12.1. The Kier molecular flexibility index (Phi) is 2.96. The zero-order valence-corrected chi connectivity index (χ0v) is 10.9. The number of aromatic nitrogens is 4. The Morgan fingerprint density at radius 3 is 3.05 bits per heavy atom. The highest BCUT2D eigenvalue weighted by Crippen LogP contribution is 2.18. The lowest BCUT2D eigenvalue weighted by Gasteiger charge is -2.10. The molecule has 20 heavy (non-hydrogen) atoms. The number of carbonyl (C=O) groups is 1. The minimum Gasteiger partial charge on any atom is -0.324 e. The molecular formula is C13H14N6O. The number of hydrogen-bond donors (Lipinski definition) is 3. The van der Waals surface area contributed by atoms with Crippen LogP contribution in [0.2, 0.25) is 0 Å². The third-order valence-corrected chi connectivity index (χ3v) is 3.07. The lowest BCUT2D eigenvalue weighted by atomic mass is 10.1. The van der Waals surface area contributed by atoms with Crippen molar-refractivity contribution in [3.63, 3.8) is 0 Å². The fraction of sp³-hybridized carbons (Fsp3) is 0.154. The Morgan fingerprint density at radius 2 is 2.30 bits per heavy atom. The zero-order chi connectivity index (χ0) is 14.1. The molecule has 1 atom stereocenters. The quantitative estimate of drug-likeness (QED) is 0.659. The summed E-state index contributed by atoms with van der Waals surface area (Å²) in [5.41, 5.74) is 8.18. The van der Waals surface area contributed by atoms with Crippen LogP contribution in [0.1, 0.15) is 11.6 Å². The van der Waals surface area contributed by atoms with Gasteiger partial charge in [0.05, 0.1) is 17.9 Å². The maximum Gasteiger partial charge on any atom is 0.246 e. The van der Waals surface area contributed by atoms with Gasteiger partial charge in [0, 0.05) is 29.9 Å². The summed E-state index contributed by atoms with van der Waals surface area (Å²) in [5.74, 6) is -0.277. The van der Waals surface area contributed by atoms with Crippen LogP contribution in [-0.4, -0.2) is 25.9 Å². The Hall–Kier alpha value is -2.67. The van der Waals surface area contributed by atoms with Gasteiger partial charge in [-0.3, -0.25) is 14.6 Å². The fourth-order valence-electron chi connectivity index (χ4n) is 1.99. The number of rotatable bonds is 3. The average molecular weight is 270 g/mol. The maximum atomic E-state index is 12.1. The van der Waals surface area contributed by atoms with Crippen molar-refractivity contribution in [3.8, 4) is 0 Å². The summed E-state index contributed by atoms with van der Waals surface area (Å²) < 4.78 is 1.61. The van der Waals surface area contributed by atoms with Crippen LogP contribution in [0.25, 0.3) is 10.9 Å². The molecule has 0 saturated carbocycles. The van der Waals surface area contributed by atoms with E-state index in [2.05, 4.69) is 20.6 Å². The highest BCUT2D eigenvalue weighted by Gasteiger charge is 2.17. The number of hydrogen-bond acceptors (Lipinski definition) is 4. The van der Waals surface area contributed by atoms with Gasteiger partial charge < -0.3 is 11.1 Å². The summed E-state index contributed by atoms with van der Waals surface area (Å²) >= 11 is 0. The summed E-state index contributed by atoms with van der Waals surface area (Å²) in [7, 11) is 1.78. The number of nitrogens with one attached hydrogen (secondary N) is 2. The van der Waals surface area contributed by atoms with Crippen LogP contribution in [-0.2, 0) is 11.8 Å². The van der Waals surface area contributed by atoms with E-state index in [4.69, 9.17) is 5.73 Å². The van der Waals surface area contributed by atoms with Crippen LogP contribution in [0.15, 0.2) is 36.8 Å². The van der Waals surface area contributed by atoms with Crippen LogP contribution in [0.5, 0.6) is 0 Å². The average Bonchev–Trinajstić information content (AvgIpc) is 3.05. The van der Waals surface area contributed by atoms with Crippen molar-refractivity contribution in [2.45, 2.75) is 6.04 Å². The third-order valence-electron chi connectivity index (χ3n) is 3.07. The van der Waals surface area contributed by atoms with Crippen molar-refractivity contribution in [1.29, 1.82) is 0 Å². The van der Waals surface area contributed by atoms with E-state index in [9.17, 15) is 4.79 Å². The minimum atomic E-state index is -0.747. The van der Waals surface area contributed by atoms with Gasteiger partial charge in [-0.2, -0.15) is 10.2 Å². The molecule has 0 spiro atoms. The molecule has 2 aromatic heterocycles. The van der Waals surface area contributed by atoms with Crippen LogP contribution >= 0.6 is 0 Å². The van der Waals surface area contributed by atoms with Gasteiger partial charge in [0.2, 0.25) is 5.91 Å². The van der Waals surface area contributed by atoms with Gasteiger partial charge >= 0.3 is 0 Å². The molecule has 7 heteroatoms. The van der Waals surface area contributed by atoms with E-state index in [1.54, 1.807) is 36.4 Å². The molecule has 7 nitrogen and oxygen atoms in total. The predicted molar refractivity (Wildman–Crippen MR) is 74.9 cm³/mol. The number of carbonyl (C=O) groups excluding carboxylic acids is 1. The Labute approximate surface area is 114 Å². The first-order valence-corrected chi connectivity index (χ1v) is 6.11. The van der Waals surface area contributed by atoms with E-state index >= 15 is 0 Å². The molecule has 1 aromatic carbocycles. The van der Waals surface area contributed by atoms with Gasteiger partial charge in [-0.05, 0) is 18.2 Å². The largest absolute Gasteiger partial charge is 0.324 e. The standard InChI is InChI=1S/C13H14N6O/c1-19-7-9(6-16-19)12(14)13(20)17-10-2-3-11-8(4-10)5-15-18-11/h2-7,12H,14H2,1H3,(H,15,18)(H,17,20). The van der Waals surface area contributed by atoms with Crippen molar-refractivity contribution in [2.24, 2.45) is 12.8 Å². The van der Waals surface area contributed by atoms with Crippen molar-refractivity contribution in [1.82, 2.24) is 20.0 Å². The molecule has 0 saturated heterocycles. The Balaban J connectivity index is 1.77. The number of benzene rings is 1. The molecule has 0 radical (unpaired) electrons. The normalized spacial score (nSPS) is 12.5. The smallest absolute Gasteiger partial charge is 0.246 e. The molecule has 0 fully saturated rings. The third kappa shape index (κ3) is 2.26. The monoisotopic (exact) mass is 270 g/mol. The van der Waals surface area contributed by atoms with Crippen molar-refractivity contribution < 1.29 is 4.79 Å². The molecule has 3 aromatic rings. The van der Waals surface area contributed by atoms with Crippen LogP contribution in [0.4, 0.5) is 5.69 Å². The number of nitrogens with zero attached hydrogens (tertiary/aromatic N) is 3. The van der Waals surface area contributed by atoms with E-state index < -0.39 is 6.04 Å². The molecule has 102 valence electrons. The van der Waals surface area contributed by atoms with Gasteiger partial charge in [0.15, 0.2) is 0 Å². The first-order chi connectivity index (χ1) is 9.63. The number of H-pyrrole nitrogens is 1. The zero-order valence-electron chi connectivity index (χ0n) is 10.9. The predicted octanol–water partition coefficient (Wildman–Crippen LogP) is 0.935. The molecule has 0 bridgehead atoms. The second-order valence-electron chi connectivity index (χ2n) is 4.59. The Bertz CT molecular complexity index is 759. The molecule has 0 aliphatic rings. The van der Waals surface area contributed by atoms with Gasteiger partial charge in [0.1, 0.15) is 6.04 Å². The summed E-state index contributed by atoms with van der Waals surface area (Å²) in [6.07, 6.45) is 5.01. The first kappa shape index (κ1) is 12.4. The van der Waals surface area contributed by atoms with E-state index in [1.165, 1.54) is 0 Å². The molecule has 0 aliphatic carbocycles. The SMILES string of the molecule is Cn1cc(C(N)C(=O)Nc2ccc3[nH]ncc3c2)cn1. The second kappa shape index (κ2) is 4.78. The van der Waals surface area contributed by atoms with Gasteiger partial charge in [-0.15, -0.1) is 0 Å². The Morgan fingerprint density at radius 1 is 1.45 bits per heavy atom. The molecule has 4 N–H and O–H groups in total. The van der Waals surface area contributed by atoms with Gasteiger partial charge in [-0.25, -0.2) is 0 Å². The number of nitrogens with two attached hydrogens (primary N) is 1. The van der Waals surface area contributed by atoms with E-state index in [0.29, 0.717) is 11.3 Å². The van der Waals surface area contributed by atoms with Crippen molar-refractivity contribution in [2.75, 3.05) is 5.32 Å². The molecule has 0 aliphatic heterocycles. The molecule has 2 heterocycles. The lowest BCUT2D eigenvalue weighted by molar-refractivity contribution is -0.117. The number of aryl methyl sites for hydroxylation is 1. The van der Waals surface area contributed by atoms with Gasteiger partial charge in [-0.1, -0.05) is 0 Å². The van der Waals surface area contributed by atoms with Crippen LogP contribution in [0.3, 0.4) is 0 Å². The number of amides is 1. The van der Waals surface area contributed by atoms with Crippen molar-refractivity contribution in [3.05, 3.63) is 42.4 Å². The molecule has 3 rings (SSSR count).